The minimum absolute atomic E-state index is 0.240. The summed E-state index contributed by atoms with van der Waals surface area (Å²) in [6.45, 7) is 0. The van der Waals surface area contributed by atoms with Crippen LogP contribution in [-0.2, 0) is 7.05 Å². The fourth-order valence-corrected chi connectivity index (χ4v) is 1.23. The third-order valence-electron chi connectivity index (χ3n) is 2.09. The zero-order chi connectivity index (χ0) is 11.4. The van der Waals surface area contributed by atoms with Crippen LogP contribution in [0.5, 0.6) is 0 Å². The van der Waals surface area contributed by atoms with Crippen molar-refractivity contribution in [3.63, 3.8) is 0 Å². The number of hydrogen-bond acceptors (Lipinski definition) is 3. The highest BCUT2D eigenvalue weighted by atomic mass is 16.3. The van der Waals surface area contributed by atoms with E-state index in [1.807, 2.05) is 29.9 Å². The quantitative estimate of drug-likeness (QED) is 0.623. The first kappa shape index (κ1) is 10.2. The van der Waals surface area contributed by atoms with Gasteiger partial charge >= 0.3 is 5.91 Å². The number of nitrogens with zero attached hydrogens (tertiary/aromatic N) is 2. The molecule has 2 aromatic rings. The molecule has 0 spiro atoms. The highest BCUT2D eigenvalue weighted by Gasteiger charge is 2.05. The summed E-state index contributed by atoms with van der Waals surface area (Å²) in [6.07, 6.45) is 4.91. The summed E-state index contributed by atoms with van der Waals surface area (Å²) in [4.78, 5) is 11.4. The van der Waals surface area contributed by atoms with Crippen LogP contribution < -0.4 is 5.43 Å². The van der Waals surface area contributed by atoms with Crippen molar-refractivity contribution in [2.75, 3.05) is 0 Å². The topological polar surface area (TPSA) is 59.5 Å². The molecule has 0 bridgehead atoms. The Morgan fingerprint density at radius 3 is 3.00 bits per heavy atom. The van der Waals surface area contributed by atoms with Crippen LogP contribution in [0.2, 0.25) is 0 Å². The molecular weight excluding hydrogens is 206 g/mol. The van der Waals surface area contributed by atoms with E-state index in [0.717, 1.165) is 5.69 Å². The van der Waals surface area contributed by atoms with Gasteiger partial charge in [-0.15, -0.1) is 0 Å². The molecule has 0 fully saturated rings. The summed E-state index contributed by atoms with van der Waals surface area (Å²) in [5.41, 5.74) is 3.28. The maximum Gasteiger partial charge on any atom is 0.307 e. The molecule has 0 atom stereocenters. The lowest BCUT2D eigenvalue weighted by Crippen LogP contribution is -2.16. The van der Waals surface area contributed by atoms with Crippen molar-refractivity contribution in [3.05, 3.63) is 48.2 Å². The van der Waals surface area contributed by atoms with Gasteiger partial charge in [0.1, 0.15) is 0 Å². The molecule has 5 heteroatoms. The first-order valence-electron chi connectivity index (χ1n) is 4.75. The van der Waals surface area contributed by atoms with Crippen molar-refractivity contribution in [2.45, 2.75) is 0 Å². The van der Waals surface area contributed by atoms with Crippen LogP contribution in [0.3, 0.4) is 0 Å². The summed E-state index contributed by atoms with van der Waals surface area (Å²) < 4.78 is 6.81. The Bertz CT molecular complexity index is 497. The molecule has 0 aromatic carbocycles. The fourth-order valence-electron chi connectivity index (χ4n) is 1.23. The number of rotatable bonds is 3. The van der Waals surface area contributed by atoms with Crippen LogP contribution in [0.1, 0.15) is 16.2 Å². The average Bonchev–Trinajstić information content (AvgIpc) is 2.90. The molecule has 1 N–H and O–H groups in total. The van der Waals surface area contributed by atoms with Crippen molar-refractivity contribution in [1.82, 2.24) is 9.99 Å². The average molecular weight is 217 g/mol. The lowest BCUT2D eigenvalue weighted by molar-refractivity contribution is 0.0927. The smallest absolute Gasteiger partial charge is 0.307 e. The molecule has 82 valence electrons. The number of furan rings is 1. The predicted octanol–water partition coefficient (Wildman–Crippen LogP) is 1.38. The fraction of sp³-hybridized carbons (Fsp3) is 0.0909. The van der Waals surface area contributed by atoms with Crippen molar-refractivity contribution in [3.8, 4) is 0 Å². The molecule has 2 aromatic heterocycles. The van der Waals surface area contributed by atoms with E-state index in [4.69, 9.17) is 4.42 Å². The van der Waals surface area contributed by atoms with E-state index in [9.17, 15) is 4.79 Å². The van der Waals surface area contributed by atoms with Gasteiger partial charge in [0.25, 0.3) is 0 Å². The Hall–Kier alpha value is -2.30. The lowest BCUT2D eigenvalue weighted by Gasteiger charge is -1.96. The highest BCUT2D eigenvalue weighted by molar-refractivity contribution is 5.92. The second-order valence-corrected chi connectivity index (χ2v) is 3.22. The summed E-state index contributed by atoms with van der Waals surface area (Å²) >= 11 is 0. The van der Waals surface area contributed by atoms with E-state index in [-0.39, 0.29) is 11.7 Å². The predicted molar refractivity (Wildman–Crippen MR) is 59.2 cm³/mol. The number of hydrazone groups is 1. The molecule has 0 aliphatic carbocycles. The molecule has 0 saturated carbocycles. The van der Waals surface area contributed by atoms with Gasteiger partial charge in [-0.2, -0.15) is 5.10 Å². The normalized spacial score (nSPS) is 10.8. The Morgan fingerprint density at radius 2 is 2.38 bits per heavy atom. The van der Waals surface area contributed by atoms with Gasteiger partial charge in [0.15, 0.2) is 5.76 Å². The summed E-state index contributed by atoms with van der Waals surface area (Å²) in [7, 11) is 1.90. The Morgan fingerprint density at radius 1 is 1.50 bits per heavy atom. The Kier molecular flexibility index (Phi) is 2.86. The molecule has 1 amide bonds. The molecule has 0 unspecified atom stereocenters. The molecule has 0 radical (unpaired) electrons. The van der Waals surface area contributed by atoms with Gasteiger partial charge in [-0.1, -0.05) is 0 Å². The minimum Gasteiger partial charge on any atom is -0.459 e. The van der Waals surface area contributed by atoms with Crippen LogP contribution in [0, 0.1) is 0 Å². The summed E-state index contributed by atoms with van der Waals surface area (Å²) in [5.74, 6) is -0.125. The van der Waals surface area contributed by atoms with Gasteiger partial charge in [0.05, 0.1) is 18.2 Å². The lowest BCUT2D eigenvalue weighted by atomic mass is 10.4. The zero-order valence-electron chi connectivity index (χ0n) is 8.75. The molecular formula is C11H11N3O2. The number of nitrogens with one attached hydrogen (secondary N) is 1. The maximum atomic E-state index is 11.4. The number of aromatic nitrogens is 1. The van der Waals surface area contributed by atoms with E-state index in [1.165, 1.54) is 6.26 Å². The van der Waals surface area contributed by atoms with Crippen molar-refractivity contribution in [2.24, 2.45) is 12.1 Å². The van der Waals surface area contributed by atoms with Crippen molar-refractivity contribution in [1.29, 1.82) is 0 Å². The van der Waals surface area contributed by atoms with Crippen LogP contribution >= 0.6 is 0 Å². The maximum absolute atomic E-state index is 11.4. The number of carbonyl (C=O) groups excluding carboxylic acids is 1. The third kappa shape index (κ3) is 2.20. The molecule has 0 saturated heterocycles. The largest absolute Gasteiger partial charge is 0.459 e. The van der Waals surface area contributed by atoms with E-state index in [1.54, 1.807) is 18.3 Å². The second-order valence-electron chi connectivity index (χ2n) is 3.22. The summed E-state index contributed by atoms with van der Waals surface area (Å²) in [6, 6.07) is 7.02. The van der Waals surface area contributed by atoms with Gasteiger partial charge in [0, 0.05) is 13.2 Å². The number of aryl methyl sites for hydroxylation is 1. The molecule has 0 aliphatic heterocycles. The van der Waals surface area contributed by atoms with Gasteiger partial charge < -0.3 is 8.98 Å². The van der Waals surface area contributed by atoms with Gasteiger partial charge in [-0.25, -0.2) is 5.43 Å². The second kappa shape index (κ2) is 4.48. The zero-order valence-corrected chi connectivity index (χ0v) is 8.75. The molecule has 2 heterocycles. The minimum atomic E-state index is -0.365. The first-order valence-corrected chi connectivity index (χ1v) is 4.75. The molecule has 16 heavy (non-hydrogen) atoms. The van der Waals surface area contributed by atoms with E-state index in [2.05, 4.69) is 10.5 Å². The van der Waals surface area contributed by atoms with Crippen molar-refractivity contribution >= 4 is 12.1 Å². The number of hydrogen-bond donors (Lipinski definition) is 1. The van der Waals surface area contributed by atoms with Gasteiger partial charge in [0.2, 0.25) is 0 Å². The first-order chi connectivity index (χ1) is 7.77. The van der Waals surface area contributed by atoms with Crippen LogP contribution in [0.4, 0.5) is 0 Å². The monoisotopic (exact) mass is 217 g/mol. The Labute approximate surface area is 92.4 Å². The summed E-state index contributed by atoms with van der Waals surface area (Å²) in [5, 5.41) is 3.83. The third-order valence-corrected chi connectivity index (χ3v) is 2.09. The van der Waals surface area contributed by atoms with Crippen LogP contribution in [0.25, 0.3) is 0 Å². The van der Waals surface area contributed by atoms with Crippen LogP contribution in [0.15, 0.2) is 46.2 Å². The molecule has 5 nitrogen and oxygen atoms in total. The Balaban J connectivity index is 1.96. The van der Waals surface area contributed by atoms with E-state index < -0.39 is 0 Å². The molecule has 2 rings (SSSR count). The number of carbonyl (C=O) groups is 1. The standard InChI is InChI=1S/C11H11N3O2/c1-14-6-2-4-9(14)8-12-13-11(15)10-5-3-7-16-10/h2-8H,1H3,(H,13,15)/b12-8-. The number of amides is 1. The molecule has 0 aliphatic rings. The highest BCUT2D eigenvalue weighted by Crippen LogP contribution is 1.99. The van der Waals surface area contributed by atoms with E-state index in [0.29, 0.717) is 0 Å². The van der Waals surface area contributed by atoms with Crippen LogP contribution in [-0.4, -0.2) is 16.7 Å². The SMILES string of the molecule is Cn1cccc1/C=N\NC(=O)c1ccco1. The van der Waals surface area contributed by atoms with Crippen molar-refractivity contribution < 1.29 is 9.21 Å². The van der Waals surface area contributed by atoms with Gasteiger partial charge in [-0.3, -0.25) is 4.79 Å². The van der Waals surface area contributed by atoms with E-state index >= 15 is 0 Å². The van der Waals surface area contributed by atoms with Gasteiger partial charge in [-0.05, 0) is 24.3 Å².